The van der Waals surface area contributed by atoms with Gasteiger partial charge in [-0.05, 0) is 13.3 Å². The zero-order valence-electron chi connectivity index (χ0n) is 8.86. The van der Waals surface area contributed by atoms with Gasteiger partial charge in [0.05, 0.1) is 5.75 Å². The van der Waals surface area contributed by atoms with E-state index in [0.29, 0.717) is 18.7 Å². The molecule has 0 saturated carbocycles. The van der Waals surface area contributed by atoms with Gasteiger partial charge in [-0.25, -0.2) is 0 Å². The van der Waals surface area contributed by atoms with Crippen LogP contribution in [0.5, 0.6) is 0 Å². The monoisotopic (exact) mass is 234 g/mol. The number of rotatable bonds is 8. The summed E-state index contributed by atoms with van der Waals surface area (Å²) in [7, 11) is 0. The summed E-state index contributed by atoms with van der Waals surface area (Å²) >= 11 is 1.48. The molecule has 0 aliphatic carbocycles. The van der Waals surface area contributed by atoms with Crippen LogP contribution in [0.15, 0.2) is 0 Å². The lowest BCUT2D eigenvalue weighted by Gasteiger charge is -2.05. The van der Waals surface area contributed by atoms with Crippen LogP contribution < -0.4 is 11.1 Å². The third-order valence-corrected chi connectivity index (χ3v) is 2.73. The van der Waals surface area contributed by atoms with Crippen molar-refractivity contribution in [2.45, 2.75) is 25.8 Å². The molecule has 0 bridgehead atoms. The fourth-order valence-electron chi connectivity index (χ4n) is 0.856. The third kappa shape index (κ3) is 11.2. The lowest BCUT2D eigenvalue weighted by molar-refractivity contribution is -0.137. The smallest absolute Gasteiger partial charge is 0.303 e. The average Bonchev–Trinajstić information content (AvgIpc) is 2.11. The first-order valence-corrected chi connectivity index (χ1v) is 5.99. The summed E-state index contributed by atoms with van der Waals surface area (Å²) in [6.07, 6.45) is 0.562. The van der Waals surface area contributed by atoms with Gasteiger partial charge in [-0.2, -0.15) is 11.8 Å². The summed E-state index contributed by atoms with van der Waals surface area (Å²) in [5, 5.41) is 11.0. The van der Waals surface area contributed by atoms with Crippen LogP contribution in [0.2, 0.25) is 0 Å². The summed E-state index contributed by atoms with van der Waals surface area (Å²) < 4.78 is 0. The predicted molar refractivity (Wildman–Crippen MR) is 60.9 cm³/mol. The van der Waals surface area contributed by atoms with E-state index < -0.39 is 5.97 Å². The van der Waals surface area contributed by atoms with Gasteiger partial charge < -0.3 is 16.2 Å². The topological polar surface area (TPSA) is 92.4 Å². The average molecular weight is 234 g/mol. The number of hydrogen-bond acceptors (Lipinski definition) is 4. The third-order valence-electron chi connectivity index (χ3n) is 1.50. The van der Waals surface area contributed by atoms with Crippen molar-refractivity contribution in [3.8, 4) is 0 Å². The van der Waals surface area contributed by atoms with Crippen molar-refractivity contribution < 1.29 is 14.7 Å². The number of carbonyl (C=O) groups excluding carboxylic acids is 1. The van der Waals surface area contributed by atoms with E-state index in [4.69, 9.17) is 10.8 Å². The Morgan fingerprint density at radius 3 is 2.73 bits per heavy atom. The number of nitrogens with two attached hydrogens (primary N) is 1. The molecule has 1 amide bonds. The van der Waals surface area contributed by atoms with Gasteiger partial charge in [-0.3, -0.25) is 9.59 Å². The Morgan fingerprint density at radius 2 is 2.20 bits per heavy atom. The summed E-state index contributed by atoms with van der Waals surface area (Å²) in [6, 6.07) is 0.0924. The highest BCUT2D eigenvalue weighted by atomic mass is 32.2. The standard InChI is InChI=1S/C9H18N2O3S/c1-7(10)5-15-6-8(12)11-4-2-3-9(13)14/h7H,2-6,10H2,1H3,(H,11,12)(H,13,14). The lowest BCUT2D eigenvalue weighted by atomic mass is 10.3. The SMILES string of the molecule is CC(N)CSCC(=O)NCCCC(=O)O. The van der Waals surface area contributed by atoms with E-state index in [0.717, 1.165) is 5.75 Å². The number of nitrogens with one attached hydrogen (secondary N) is 1. The minimum absolute atomic E-state index is 0.0639. The molecule has 0 aliphatic rings. The zero-order valence-corrected chi connectivity index (χ0v) is 9.68. The number of hydrogen-bond donors (Lipinski definition) is 3. The van der Waals surface area contributed by atoms with E-state index in [9.17, 15) is 9.59 Å². The van der Waals surface area contributed by atoms with Crippen molar-refractivity contribution in [2.24, 2.45) is 5.73 Å². The Balaban J connectivity index is 3.30. The molecule has 15 heavy (non-hydrogen) atoms. The second kappa shape index (κ2) is 8.55. The van der Waals surface area contributed by atoms with Crippen molar-refractivity contribution in [2.75, 3.05) is 18.1 Å². The highest BCUT2D eigenvalue weighted by Crippen LogP contribution is 2.00. The molecule has 0 rings (SSSR count). The molecule has 0 spiro atoms. The molecule has 1 unspecified atom stereocenters. The highest BCUT2D eigenvalue weighted by molar-refractivity contribution is 7.99. The maximum atomic E-state index is 11.1. The van der Waals surface area contributed by atoms with Gasteiger partial charge >= 0.3 is 5.97 Å². The Morgan fingerprint density at radius 1 is 1.53 bits per heavy atom. The van der Waals surface area contributed by atoms with E-state index in [-0.39, 0.29) is 18.4 Å². The molecule has 0 saturated heterocycles. The van der Waals surface area contributed by atoms with Crippen LogP contribution in [0.4, 0.5) is 0 Å². The maximum Gasteiger partial charge on any atom is 0.303 e. The Hall–Kier alpha value is -0.750. The van der Waals surface area contributed by atoms with Crippen molar-refractivity contribution >= 4 is 23.6 Å². The van der Waals surface area contributed by atoms with Crippen LogP contribution in [-0.4, -0.2) is 41.1 Å². The number of carboxylic acid groups (broad SMARTS) is 1. The van der Waals surface area contributed by atoms with Crippen molar-refractivity contribution in [3.63, 3.8) is 0 Å². The molecule has 0 aromatic carbocycles. The molecule has 88 valence electrons. The van der Waals surface area contributed by atoms with Gasteiger partial charge in [-0.15, -0.1) is 0 Å². The molecule has 0 aliphatic heterocycles. The number of carboxylic acids is 1. The van der Waals surface area contributed by atoms with Gasteiger partial charge in [0.15, 0.2) is 0 Å². The normalized spacial score (nSPS) is 12.1. The van der Waals surface area contributed by atoms with Crippen molar-refractivity contribution in [1.29, 1.82) is 0 Å². The molecule has 0 aromatic heterocycles. The molecular weight excluding hydrogens is 216 g/mol. The Kier molecular flexibility index (Phi) is 8.12. The number of carbonyl (C=O) groups is 2. The Bertz CT molecular complexity index is 210. The van der Waals surface area contributed by atoms with Crippen LogP contribution in [-0.2, 0) is 9.59 Å². The fourth-order valence-corrected chi connectivity index (χ4v) is 1.63. The van der Waals surface area contributed by atoms with Crippen LogP contribution in [0.25, 0.3) is 0 Å². The second-order valence-electron chi connectivity index (χ2n) is 3.34. The molecule has 0 heterocycles. The minimum atomic E-state index is -0.837. The zero-order chi connectivity index (χ0) is 11.7. The summed E-state index contributed by atoms with van der Waals surface area (Å²) in [6.45, 7) is 2.31. The summed E-state index contributed by atoms with van der Waals surface area (Å²) in [5.74, 6) is 0.235. The molecule has 0 radical (unpaired) electrons. The molecule has 0 aromatic rings. The summed E-state index contributed by atoms with van der Waals surface area (Å²) in [5.41, 5.74) is 5.52. The molecule has 1 atom stereocenters. The van der Waals surface area contributed by atoms with Gasteiger partial charge in [0.2, 0.25) is 5.91 Å². The Labute approximate surface area is 93.8 Å². The van der Waals surface area contributed by atoms with Crippen molar-refractivity contribution in [1.82, 2.24) is 5.32 Å². The fraction of sp³-hybridized carbons (Fsp3) is 0.778. The maximum absolute atomic E-state index is 11.1. The van der Waals surface area contributed by atoms with E-state index in [1.54, 1.807) is 0 Å². The first-order chi connectivity index (χ1) is 7.02. The van der Waals surface area contributed by atoms with E-state index in [1.165, 1.54) is 11.8 Å². The molecular formula is C9H18N2O3S. The van der Waals surface area contributed by atoms with Crippen LogP contribution in [0.3, 0.4) is 0 Å². The first kappa shape index (κ1) is 14.2. The number of thioether (sulfide) groups is 1. The van der Waals surface area contributed by atoms with Crippen LogP contribution in [0.1, 0.15) is 19.8 Å². The van der Waals surface area contributed by atoms with Gasteiger partial charge in [0.25, 0.3) is 0 Å². The highest BCUT2D eigenvalue weighted by Gasteiger charge is 2.02. The van der Waals surface area contributed by atoms with E-state index >= 15 is 0 Å². The van der Waals surface area contributed by atoms with Gasteiger partial charge in [0, 0.05) is 24.8 Å². The van der Waals surface area contributed by atoms with Crippen LogP contribution >= 0.6 is 11.8 Å². The van der Waals surface area contributed by atoms with Crippen LogP contribution in [0, 0.1) is 0 Å². The largest absolute Gasteiger partial charge is 0.481 e. The second-order valence-corrected chi connectivity index (χ2v) is 4.37. The molecule has 0 fully saturated rings. The molecule has 4 N–H and O–H groups in total. The predicted octanol–water partition coefficient (Wildman–Crippen LogP) is 0.0478. The van der Waals surface area contributed by atoms with Gasteiger partial charge in [0.1, 0.15) is 0 Å². The van der Waals surface area contributed by atoms with Crippen molar-refractivity contribution in [3.05, 3.63) is 0 Å². The van der Waals surface area contributed by atoms with E-state index in [1.807, 2.05) is 6.92 Å². The van der Waals surface area contributed by atoms with E-state index in [2.05, 4.69) is 5.32 Å². The number of aliphatic carboxylic acids is 1. The number of amides is 1. The lowest BCUT2D eigenvalue weighted by Crippen LogP contribution is -2.27. The minimum Gasteiger partial charge on any atom is -0.481 e. The quantitative estimate of drug-likeness (QED) is 0.516. The molecule has 6 heteroatoms. The molecule has 5 nitrogen and oxygen atoms in total. The van der Waals surface area contributed by atoms with Gasteiger partial charge in [-0.1, -0.05) is 0 Å². The summed E-state index contributed by atoms with van der Waals surface area (Å²) in [4.78, 5) is 21.3. The first-order valence-electron chi connectivity index (χ1n) is 4.84.